The SMILES string of the molecule is CC/C=C\C/C=C\C/C=C\C/C=C\C/C=C\C/C=C\C/C=C\CCCCCCCCCCCCCCCC(=O)OC(COC(=O)CCCC/C=C\C/C=C\C/C=C\C/C=C\CC)COP(=O)([O-])OCC[N+](C)(C)C. The topological polar surface area (TPSA) is 111 Å². The maximum absolute atomic E-state index is 12.8. The Morgan fingerprint density at radius 3 is 1.11 bits per heavy atom. The van der Waals surface area contributed by atoms with Crippen molar-refractivity contribution < 1.29 is 42.1 Å². The average Bonchev–Trinajstić information content (AvgIpc) is 3.36. The first-order valence-corrected chi connectivity index (χ1v) is 30.4. The molecule has 0 N–H and O–H groups in total. The van der Waals surface area contributed by atoms with Gasteiger partial charge in [0.2, 0.25) is 0 Å². The molecule has 0 fully saturated rings. The highest BCUT2D eigenvalue weighted by Crippen LogP contribution is 2.38. The van der Waals surface area contributed by atoms with Crippen molar-refractivity contribution in [2.24, 2.45) is 0 Å². The van der Waals surface area contributed by atoms with E-state index >= 15 is 0 Å². The van der Waals surface area contributed by atoms with Gasteiger partial charge in [-0.25, -0.2) is 0 Å². The van der Waals surface area contributed by atoms with E-state index in [2.05, 4.69) is 148 Å². The summed E-state index contributed by atoms with van der Waals surface area (Å²) in [4.78, 5) is 37.8. The second-order valence-corrected chi connectivity index (χ2v) is 21.3. The molecular formula is C64H106NO8P. The van der Waals surface area contributed by atoms with Gasteiger partial charge in [0.05, 0.1) is 27.7 Å². The van der Waals surface area contributed by atoms with Gasteiger partial charge in [0.15, 0.2) is 6.10 Å². The lowest BCUT2D eigenvalue weighted by Crippen LogP contribution is -2.37. The second kappa shape index (κ2) is 54.0. The molecule has 0 amide bonds. The Labute approximate surface area is 453 Å². The maximum Gasteiger partial charge on any atom is 0.306 e. The molecule has 0 aromatic carbocycles. The predicted octanol–water partition coefficient (Wildman–Crippen LogP) is 17.5. The molecule has 0 radical (unpaired) electrons. The summed E-state index contributed by atoms with van der Waals surface area (Å²) in [5.41, 5.74) is 0. The molecule has 0 aliphatic carbocycles. The Morgan fingerprint density at radius 1 is 0.419 bits per heavy atom. The lowest BCUT2D eigenvalue weighted by Gasteiger charge is -2.28. The number of hydrogen-bond donors (Lipinski definition) is 0. The Balaban J connectivity index is 4.14. The van der Waals surface area contributed by atoms with Crippen LogP contribution in [0.1, 0.15) is 206 Å². The molecule has 0 saturated heterocycles. The van der Waals surface area contributed by atoms with Crippen LogP contribution in [0.25, 0.3) is 0 Å². The highest BCUT2D eigenvalue weighted by Gasteiger charge is 2.21. The van der Waals surface area contributed by atoms with Crippen molar-refractivity contribution in [1.29, 1.82) is 0 Å². The quantitative estimate of drug-likeness (QED) is 0.0195. The molecule has 0 saturated carbocycles. The van der Waals surface area contributed by atoms with Crippen LogP contribution in [0.15, 0.2) is 134 Å². The van der Waals surface area contributed by atoms with Crippen molar-refractivity contribution in [3.05, 3.63) is 134 Å². The van der Waals surface area contributed by atoms with Crippen molar-refractivity contribution >= 4 is 19.8 Å². The minimum absolute atomic E-state index is 0.0442. The fourth-order valence-electron chi connectivity index (χ4n) is 7.27. The first kappa shape index (κ1) is 70.1. The fraction of sp³-hybridized carbons (Fsp3) is 0.625. The molecule has 0 bridgehead atoms. The molecule has 0 aromatic heterocycles. The van der Waals surface area contributed by atoms with E-state index < -0.39 is 32.5 Å². The Kier molecular flexibility index (Phi) is 51.2. The Bertz CT molecular complexity index is 1710. The monoisotopic (exact) mass is 1050 g/mol. The van der Waals surface area contributed by atoms with Gasteiger partial charge in [0, 0.05) is 12.8 Å². The highest BCUT2D eigenvalue weighted by molar-refractivity contribution is 7.45. The Hall–Kier alpha value is -3.85. The number of nitrogens with zero attached hydrogens (tertiary/aromatic N) is 1. The zero-order chi connectivity index (χ0) is 54.2. The molecule has 0 aliphatic rings. The molecular weight excluding hydrogens is 942 g/mol. The van der Waals surface area contributed by atoms with E-state index in [0.717, 1.165) is 103 Å². The molecule has 74 heavy (non-hydrogen) atoms. The number of carbonyl (C=O) groups is 2. The van der Waals surface area contributed by atoms with Gasteiger partial charge < -0.3 is 27.9 Å². The predicted molar refractivity (Wildman–Crippen MR) is 314 cm³/mol. The number of quaternary nitrogens is 1. The largest absolute Gasteiger partial charge is 0.756 e. The van der Waals surface area contributed by atoms with Crippen molar-refractivity contribution in [1.82, 2.24) is 0 Å². The lowest BCUT2D eigenvalue weighted by molar-refractivity contribution is -0.870. The molecule has 0 aromatic rings. The van der Waals surface area contributed by atoms with Crippen LogP contribution in [-0.4, -0.2) is 70.0 Å². The number of rotatable bonds is 51. The van der Waals surface area contributed by atoms with Crippen molar-refractivity contribution in [2.45, 2.75) is 213 Å². The van der Waals surface area contributed by atoms with E-state index in [1.54, 1.807) is 0 Å². The van der Waals surface area contributed by atoms with E-state index in [0.29, 0.717) is 23.9 Å². The van der Waals surface area contributed by atoms with Gasteiger partial charge in [-0.1, -0.05) is 218 Å². The molecule has 10 heteroatoms. The molecule has 2 atom stereocenters. The third kappa shape index (κ3) is 57.4. The van der Waals surface area contributed by atoms with Crippen LogP contribution in [0.5, 0.6) is 0 Å². The van der Waals surface area contributed by atoms with Crippen molar-refractivity contribution in [3.63, 3.8) is 0 Å². The van der Waals surface area contributed by atoms with E-state index in [1.807, 2.05) is 21.1 Å². The summed E-state index contributed by atoms with van der Waals surface area (Å²) in [5.74, 6) is -0.892. The molecule has 0 aliphatic heterocycles. The summed E-state index contributed by atoms with van der Waals surface area (Å²) >= 11 is 0. The standard InChI is InChI=1S/C64H106NO8P/c1-6-8-10-12-14-16-18-20-22-23-24-25-26-27-28-29-30-31-32-33-34-35-36-37-38-39-40-41-43-45-47-49-51-53-55-57-64(67)73-62(61-72-74(68,69)71-59-58-65(3,4)5)60-70-63(66)56-54-52-50-48-46-44-42-21-19-17-15-13-11-9-7-2/h8-11,14-17,20-22,24-25,27-28,30-31,33-34,42,46,48,62H,6-7,12-13,18-19,23,26,29,32,35-41,43-45,47,49-61H2,1-5H3/b10-8-,11-9-,16-14-,17-15-,22-20-,25-24-,28-27-,31-30-,34-33-,42-21-,48-46-. The average molecular weight is 1050 g/mol. The van der Waals surface area contributed by atoms with Gasteiger partial charge in [-0.3, -0.25) is 14.2 Å². The van der Waals surface area contributed by atoms with Gasteiger partial charge >= 0.3 is 11.9 Å². The third-order valence-corrected chi connectivity index (χ3v) is 12.6. The van der Waals surface area contributed by atoms with Crippen LogP contribution in [0.3, 0.4) is 0 Å². The normalized spacial score (nSPS) is 14.3. The highest BCUT2D eigenvalue weighted by atomic mass is 31.2. The van der Waals surface area contributed by atoms with Gasteiger partial charge in [-0.15, -0.1) is 0 Å². The number of allylic oxidation sites excluding steroid dienone is 22. The number of phosphoric acid groups is 1. The Morgan fingerprint density at radius 2 is 0.730 bits per heavy atom. The molecule has 9 nitrogen and oxygen atoms in total. The van der Waals surface area contributed by atoms with Crippen molar-refractivity contribution in [3.8, 4) is 0 Å². The molecule has 0 heterocycles. The van der Waals surface area contributed by atoms with E-state index in [9.17, 15) is 19.0 Å². The maximum atomic E-state index is 12.8. The van der Waals surface area contributed by atoms with Crippen LogP contribution in [-0.2, 0) is 32.7 Å². The summed E-state index contributed by atoms with van der Waals surface area (Å²) in [7, 11) is 1.12. The van der Waals surface area contributed by atoms with Gasteiger partial charge in [0.25, 0.3) is 7.82 Å². The number of ether oxygens (including phenoxy) is 2. The number of hydrogen-bond acceptors (Lipinski definition) is 8. The number of unbranched alkanes of at least 4 members (excludes halogenated alkanes) is 15. The van der Waals surface area contributed by atoms with E-state index in [-0.39, 0.29) is 26.1 Å². The molecule has 2 unspecified atom stereocenters. The zero-order valence-electron chi connectivity index (χ0n) is 47.5. The van der Waals surface area contributed by atoms with Crippen LogP contribution in [0, 0.1) is 0 Å². The fourth-order valence-corrected chi connectivity index (χ4v) is 8.00. The smallest absolute Gasteiger partial charge is 0.306 e. The second-order valence-electron chi connectivity index (χ2n) is 19.9. The summed E-state index contributed by atoms with van der Waals surface area (Å²) in [6, 6.07) is 0. The molecule has 420 valence electrons. The lowest BCUT2D eigenvalue weighted by atomic mass is 10.0. The number of carbonyl (C=O) groups excluding carboxylic acids is 2. The van der Waals surface area contributed by atoms with Crippen molar-refractivity contribution in [2.75, 3.05) is 47.5 Å². The van der Waals surface area contributed by atoms with Crippen LogP contribution >= 0.6 is 7.82 Å². The minimum atomic E-state index is -4.65. The number of likely N-dealkylation sites (N-methyl/N-ethyl adjacent to an activating group) is 1. The first-order chi connectivity index (χ1) is 36.0. The minimum Gasteiger partial charge on any atom is -0.756 e. The van der Waals surface area contributed by atoms with Gasteiger partial charge in [-0.2, -0.15) is 0 Å². The summed E-state index contributed by atoms with van der Waals surface area (Å²) in [6.45, 7) is 3.94. The van der Waals surface area contributed by atoms with Crippen LogP contribution < -0.4 is 4.89 Å². The van der Waals surface area contributed by atoms with Gasteiger partial charge in [0.1, 0.15) is 19.8 Å². The summed E-state index contributed by atoms with van der Waals surface area (Å²) in [6.07, 6.45) is 78.0. The van der Waals surface area contributed by atoms with E-state index in [1.165, 1.54) is 64.2 Å². The summed E-state index contributed by atoms with van der Waals surface area (Å²) in [5, 5.41) is 0. The number of phosphoric ester groups is 1. The van der Waals surface area contributed by atoms with Crippen LogP contribution in [0.4, 0.5) is 0 Å². The molecule has 0 spiro atoms. The molecule has 0 rings (SSSR count). The van der Waals surface area contributed by atoms with Crippen LogP contribution in [0.2, 0.25) is 0 Å². The van der Waals surface area contributed by atoms with E-state index in [4.69, 9.17) is 18.5 Å². The first-order valence-electron chi connectivity index (χ1n) is 28.9. The summed E-state index contributed by atoms with van der Waals surface area (Å²) < 4.78 is 34.0. The number of esters is 2. The third-order valence-electron chi connectivity index (χ3n) is 11.7. The zero-order valence-corrected chi connectivity index (χ0v) is 48.4. The van der Waals surface area contributed by atoms with Gasteiger partial charge in [-0.05, 0) is 109 Å².